The fraction of sp³-hybridized carbons (Fsp3) is 0.217. The number of ether oxygens (including phenoxy) is 2. The summed E-state index contributed by atoms with van der Waals surface area (Å²) in [5.74, 6) is 1.05. The zero-order valence-corrected chi connectivity index (χ0v) is 16.6. The van der Waals surface area contributed by atoms with Gasteiger partial charge in [0.25, 0.3) is 5.91 Å². The van der Waals surface area contributed by atoms with E-state index in [9.17, 15) is 10.1 Å². The zero-order chi connectivity index (χ0) is 20.1. The van der Waals surface area contributed by atoms with Crippen molar-refractivity contribution in [2.75, 3.05) is 11.9 Å². The summed E-state index contributed by atoms with van der Waals surface area (Å²) in [6, 6.07) is 19.3. The van der Waals surface area contributed by atoms with E-state index in [1.807, 2.05) is 42.5 Å². The molecular weight excluding hydrogens is 384 g/mol. The number of rotatable bonds is 7. The van der Waals surface area contributed by atoms with Crippen LogP contribution in [0.15, 0.2) is 54.6 Å². The first-order valence-corrected chi connectivity index (χ1v) is 10.3. The van der Waals surface area contributed by atoms with Crippen LogP contribution in [0.25, 0.3) is 0 Å². The van der Waals surface area contributed by atoms with Crippen molar-refractivity contribution in [3.05, 3.63) is 76.2 Å². The van der Waals surface area contributed by atoms with E-state index in [0.29, 0.717) is 22.9 Å². The number of hydrogen-bond donors (Lipinski definition) is 1. The molecule has 0 atom stereocenters. The van der Waals surface area contributed by atoms with E-state index < -0.39 is 0 Å². The molecule has 146 valence electrons. The molecule has 0 saturated heterocycles. The minimum Gasteiger partial charge on any atom is -0.489 e. The third-order valence-corrected chi connectivity index (χ3v) is 5.94. The van der Waals surface area contributed by atoms with E-state index in [1.54, 1.807) is 12.1 Å². The quantitative estimate of drug-likeness (QED) is 0.619. The lowest BCUT2D eigenvalue weighted by molar-refractivity contribution is -0.118. The third-order valence-electron chi connectivity index (χ3n) is 4.73. The van der Waals surface area contributed by atoms with Gasteiger partial charge in [-0.1, -0.05) is 30.3 Å². The molecule has 5 nitrogen and oxygen atoms in total. The van der Waals surface area contributed by atoms with Gasteiger partial charge in [0.1, 0.15) is 29.2 Å². The molecule has 1 aromatic heterocycles. The Balaban J connectivity index is 1.28. The predicted octanol–water partition coefficient (Wildman–Crippen LogP) is 4.70. The molecule has 1 N–H and O–H groups in total. The molecule has 0 fully saturated rings. The third kappa shape index (κ3) is 4.58. The van der Waals surface area contributed by atoms with Crippen molar-refractivity contribution in [2.45, 2.75) is 25.9 Å². The van der Waals surface area contributed by atoms with Gasteiger partial charge in [-0.3, -0.25) is 4.79 Å². The van der Waals surface area contributed by atoms with Crippen molar-refractivity contribution in [3.63, 3.8) is 0 Å². The van der Waals surface area contributed by atoms with Gasteiger partial charge in [0.2, 0.25) is 0 Å². The Morgan fingerprint density at radius 1 is 1.03 bits per heavy atom. The molecule has 1 heterocycles. The van der Waals surface area contributed by atoms with Gasteiger partial charge in [-0.05, 0) is 54.7 Å². The van der Waals surface area contributed by atoms with Crippen molar-refractivity contribution in [2.24, 2.45) is 0 Å². The fourth-order valence-corrected chi connectivity index (χ4v) is 4.55. The van der Waals surface area contributed by atoms with E-state index in [-0.39, 0.29) is 12.5 Å². The largest absolute Gasteiger partial charge is 0.489 e. The molecule has 0 saturated carbocycles. The number of carbonyl (C=O) groups is 1. The highest BCUT2D eigenvalue weighted by Crippen LogP contribution is 2.38. The van der Waals surface area contributed by atoms with Crippen LogP contribution in [0.5, 0.6) is 11.5 Å². The van der Waals surface area contributed by atoms with Gasteiger partial charge in [-0.2, -0.15) is 5.26 Å². The van der Waals surface area contributed by atoms with Crippen LogP contribution in [-0.4, -0.2) is 12.5 Å². The summed E-state index contributed by atoms with van der Waals surface area (Å²) in [6.45, 7) is 0.382. The molecule has 1 aliphatic carbocycles. The van der Waals surface area contributed by atoms with Gasteiger partial charge >= 0.3 is 0 Å². The Morgan fingerprint density at radius 3 is 2.48 bits per heavy atom. The second-order valence-electron chi connectivity index (χ2n) is 6.76. The summed E-state index contributed by atoms with van der Waals surface area (Å²) in [5.41, 5.74) is 2.80. The van der Waals surface area contributed by atoms with Crippen LogP contribution in [0, 0.1) is 11.3 Å². The van der Waals surface area contributed by atoms with Crippen LogP contribution in [0.3, 0.4) is 0 Å². The number of aryl methyl sites for hydroxylation is 1. The van der Waals surface area contributed by atoms with Crippen LogP contribution in [-0.2, 0) is 24.2 Å². The van der Waals surface area contributed by atoms with E-state index in [1.165, 1.54) is 16.2 Å². The molecule has 2 aromatic carbocycles. The Morgan fingerprint density at radius 2 is 1.76 bits per heavy atom. The Kier molecular flexibility index (Phi) is 5.78. The summed E-state index contributed by atoms with van der Waals surface area (Å²) in [5, 5.41) is 12.9. The first-order valence-electron chi connectivity index (χ1n) is 9.47. The number of benzene rings is 2. The van der Waals surface area contributed by atoms with Crippen LogP contribution in [0.4, 0.5) is 5.00 Å². The first kappa shape index (κ1) is 19.0. The lowest BCUT2D eigenvalue weighted by Crippen LogP contribution is -2.20. The molecule has 4 rings (SSSR count). The topological polar surface area (TPSA) is 71.4 Å². The fourth-order valence-electron chi connectivity index (χ4n) is 3.30. The number of hydrogen-bond acceptors (Lipinski definition) is 5. The molecule has 0 bridgehead atoms. The standard InChI is InChI=1S/C23H20N2O3S/c24-13-20-19-7-4-8-21(19)29-23(20)25-22(26)15-28-18-11-9-17(10-12-18)27-14-16-5-2-1-3-6-16/h1-3,5-6,9-12H,4,7-8,14-15H2,(H,25,26). The van der Waals surface area contributed by atoms with Crippen molar-refractivity contribution < 1.29 is 14.3 Å². The highest BCUT2D eigenvalue weighted by molar-refractivity contribution is 7.16. The second-order valence-corrected chi connectivity index (χ2v) is 7.86. The normalized spacial score (nSPS) is 12.1. The van der Waals surface area contributed by atoms with Crippen molar-refractivity contribution in [1.29, 1.82) is 5.26 Å². The predicted molar refractivity (Wildman–Crippen MR) is 112 cm³/mol. The highest BCUT2D eigenvalue weighted by Gasteiger charge is 2.23. The minimum absolute atomic E-state index is 0.113. The van der Waals surface area contributed by atoms with Crippen molar-refractivity contribution in [1.82, 2.24) is 0 Å². The highest BCUT2D eigenvalue weighted by atomic mass is 32.1. The molecule has 6 heteroatoms. The van der Waals surface area contributed by atoms with Gasteiger partial charge in [-0.15, -0.1) is 11.3 Å². The minimum atomic E-state index is -0.272. The van der Waals surface area contributed by atoms with Gasteiger partial charge in [-0.25, -0.2) is 0 Å². The molecule has 1 amide bonds. The molecule has 0 unspecified atom stereocenters. The van der Waals surface area contributed by atoms with Crippen molar-refractivity contribution >= 4 is 22.2 Å². The Hall–Kier alpha value is -3.30. The summed E-state index contributed by atoms with van der Waals surface area (Å²) in [7, 11) is 0. The maximum Gasteiger partial charge on any atom is 0.262 e. The number of nitrogens with one attached hydrogen (secondary N) is 1. The van der Waals surface area contributed by atoms with Gasteiger partial charge < -0.3 is 14.8 Å². The van der Waals surface area contributed by atoms with E-state index in [0.717, 1.165) is 36.1 Å². The first-order chi connectivity index (χ1) is 14.2. The molecule has 0 aliphatic heterocycles. The summed E-state index contributed by atoms with van der Waals surface area (Å²) >= 11 is 1.50. The van der Waals surface area contributed by atoms with Crippen LogP contribution in [0.2, 0.25) is 0 Å². The number of anilines is 1. The van der Waals surface area contributed by atoms with Crippen LogP contribution in [0.1, 0.15) is 28.0 Å². The molecule has 3 aromatic rings. The van der Waals surface area contributed by atoms with Crippen molar-refractivity contribution in [3.8, 4) is 17.6 Å². The smallest absolute Gasteiger partial charge is 0.262 e. The number of fused-ring (bicyclic) bond motifs is 1. The number of thiophene rings is 1. The average Bonchev–Trinajstić information content (AvgIpc) is 3.33. The lowest BCUT2D eigenvalue weighted by Gasteiger charge is -2.09. The number of amides is 1. The maximum absolute atomic E-state index is 12.2. The molecular formula is C23H20N2O3S. The number of carbonyl (C=O) groups excluding carboxylic acids is 1. The van der Waals surface area contributed by atoms with E-state index in [4.69, 9.17) is 9.47 Å². The average molecular weight is 404 g/mol. The summed E-state index contributed by atoms with van der Waals surface area (Å²) < 4.78 is 11.3. The van der Waals surface area contributed by atoms with Crippen LogP contribution < -0.4 is 14.8 Å². The zero-order valence-electron chi connectivity index (χ0n) is 15.8. The Labute approximate surface area is 173 Å². The van der Waals surface area contributed by atoms with E-state index in [2.05, 4.69) is 11.4 Å². The SMILES string of the molecule is N#Cc1c(NC(=O)COc2ccc(OCc3ccccc3)cc2)sc2c1CCC2. The Bertz CT molecular complexity index is 1040. The van der Waals surface area contributed by atoms with Gasteiger partial charge in [0, 0.05) is 4.88 Å². The molecule has 1 aliphatic rings. The molecule has 0 radical (unpaired) electrons. The van der Waals surface area contributed by atoms with Crippen LogP contribution >= 0.6 is 11.3 Å². The summed E-state index contributed by atoms with van der Waals surface area (Å²) in [4.78, 5) is 13.5. The molecule has 29 heavy (non-hydrogen) atoms. The number of nitriles is 1. The summed E-state index contributed by atoms with van der Waals surface area (Å²) in [6.07, 6.45) is 2.98. The van der Waals surface area contributed by atoms with E-state index >= 15 is 0 Å². The maximum atomic E-state index is 12.2. The molecule has 0 spiro atoms. The van der Waals surface area contributed by atoms with Gasteiger partial charge in [0.05, 0.1) is 5.56 Å². The number of nitrogens with zero attached hydrogens (tertiary/aromatic N) is 1. The second kappa shape index (κ2) is 8.80. The monoisotopic (exact) mass is 404 g/mol. The lowest BCUT2D eigenvalue weighted by atomic mass is 10.1. The van der Waals surface area contributed by atoms with Gasteiger partial charge in [0.15, 0.2) is 6.61 Å².